The highest BCUT2D eigenvalue weighted by molar-refractivity contribution is 5.83. The summed E-state index contributed by atoms with van der Waals surface area (Å²) in [5.41, 5.74) is 0.684. The number of aromatic nitrogens is 4. The zero-order chi connectivity index (χ0) is 19.8. The predicted molar refractivity (Wildman–Crippen MR) is 110 cm³/mol. The van der Waals surface area contributed by atoms with Gasteiger partial charge >= 0.3 is 5.97 Å². The third kappa shape index (κ3) is 2.90. The fourth-order valence-corrected chi connectivity index (χ4v) is 4.64. The molecule has 8 heteroatoms. The Hall–Kier alpha value is -3.16. The van der Waals surface area contributed by atoms with Crippen LogP contribution in [0.3, 0.4) is 0 Å². The van der Waals surface area contributed by atoms with Crippen molar-refractivity contribution in [3.05, 3.63) is 43.0 Å². The number of imidazole rings is 1. The van der Waals surface area contributed by atoms with Gasteiger partial charge in [-0.2, -0.15) is 0 Å². The third-order valence-electron chi connectivity index (χ3n) is 6.27. The number of carboxylic acid groups (broad SMARTS) is 1. The van der Waals surface area contributed by atoms with Gasteiger partial charge in [0.15, 0.2) is 11.6 Å². The largest absolute Gasteiger partial charge is 0.479 e. The maximum atomic E-state index is 12.4. The van der Waals surface area contributed by atoms with Crippen molar-refractivity contribution in [1.29, 1.82) is 0 Å². The van der Waals surface area contributed by atoms with Crippen molar-refractivity contribution in [1.82, 2.24) is 19.5 Å². The highest BCUT2D eigenvalue weighted by atomic mass is 16.4. The molecular formula is C21H24N6O2. The van der Waals surface area contributed by atoms with E-state index in [2.05, 4.69) is 24.8 Å². The van der Waals surface area contributed by atoms with Gasteiger partial charge in [-0.15, -0.1) is 0 Å². The van der Waals surface area contributed by atoms with Gasteiger partial charge in [0, 0.05) is 38.6 Å². The summed E-state index contributed by atoms with van der Waals surface area (Å²) in [7, 11) is 0. The van der Waals surface area contributed by atoms with Gasteiger partial charge in [-0.25, -0.2) is 19.7 Å². The summed E-state index contributed by atoms with van der Waals surface area (Å²) in [5.74, 6) is 0.976. The summed E-state index contributed by atoms with van der Waals surface area (Å²) < 4.78 is 1.85. The van der Waals surface area contributed by atoms with Crippen molar-refractivity contribution in [3.63, 3.8) is 0 Å². The molecule has 0 bridgehead atoms. The van der Waals surface area contributed by atoms with Gasteiger partial charge in [0.05, 0.1) is 17.4 Å². The number of piperidine rings is 1. The van der Waals surface area contributed by atoms with Crippen LogP contribution in [0.25, 0.3) is 11.0 Å². The number of benzene rings is 1. The van der Waals surface area contributed by atoms with Crippen molar-refractivity contribution in [2.45, 2.75) is 31.2 Å². The molecule has 0 spiro atoms. The molecule has 0 radical (unpaired) electrons. The van der Waals surface area contributed by atoms with E-state index in [0.717, 1.165) is 35.8 Å². The highest BCUT2D eigenvalue weighted by Crippen LogP contribution is 2.37. The predicted octanol–water partition coefficient (Wildman–Crippen LogP) is 2.51. The quantitative estimate of drug-likeness (QED) is 0.730. The van der Waals surface area contributed by atoms with E-state index >= 15 is 0 Å². The smallest absolute Gasteiger partial charge is 0.330 e. The minimum atomic E-state index is -0.997. The number of fused-ring (bicyclic) bond motifs is 1. The lowest BCUT2D eigenvalue weighted by atomic mass is 9.87. The second-order valence-corrected chi connectivity index (χ2v) is 7.82. The molecule has 0 saturated carbocycles. The van der Waals surface area contributed by atoms with E-state index < -0.39 is 11.5 Å². The van der Waals surface area contributed by atoms with Crippen LogP contribution in [0.2, 0.25) is 0 Å². The van der Waals surface area contributed by atoms with Gasteiger partial charge in [0.1, 0.15) is 5.54 Å². The number of para-hydroxylation sites is 2. The fourth-order valence-electron chi connectivity index (χ4n) is 4.64. The van der Waals surface area contributed by atoms with Gasteiger partial charge in [-0.3, -0.25) is 0 Å². The number of rotatable bonds is 4. The molecule has 2 aliphatic heterocycles. The molecule has 3 aromatic rings. The van der Waals surface area contributed by atoms with E-state index in [1.807, 2.05) is 28.8 Å². The molecule has 0 atom stereocenters. The van der Waals surface area contributed by atoms with Gasteiger partial charge in [-0.1, -0.05) is 12.1 Å². The second-order valence-electron chi connectivity index (χ2n) is 7.82. The molecule has 4 heterocycles. The van der Waals surface area contributed by atoms with Crippen molar-refractivity contribution in [3.8, 4) is 0 Å². The zero-order valence-electron chi connectivity index (χ0n) is 16.2. The van der Waals surface area contributed by atoms with E-state index in [-0.39, 0.29) is 0 Å². The lowest BCUT2D eigenvalue weighted by Gasteiger charge is -2.41. The van der Waals surface area contributed by atoms with Crippen molar-refractivity contribution in [2.24, 2.45) is 0 Å². The molecule has 1 N–H and O–H groups in total. The molecule has 8 nitrogen and oxygen atoms in total. The second kappa shape index (κ2) is 7.02. The summed E-state index contributed by atoms with van der Waals surface area (Å²) >= 11 is 0. The van der Waals surface area contributed by atoms with Crippen LogP contribution in [0, 0.1) is 0 Å². The van der Waals surface area contributed by atoms with Gasteiger partial charge in [0.25, 0.3) is 0 Å². The highest BCUT2D eigenvalue weighted by Gasteiger charge is 2.44. The molecule has 5 rings (SSSR count). The van der Waals surface area contributed by atoms with E-state index in [4.69, 9.17) is 0 Å². The topological polar surface area (TPSA) is 87.4 Å². The van der Waals surface area contributed by atoms with Gasteiger partial charge < -0.3 is 19.5 Å². The number of carbonyl (C=O) groups is 1. The average Bonchev–Trinajstić information content (AvgIpc) is 3.44. The Labute approximate surface area is 168 Å². The zero-order valence-corrected chi connectivity index (χ0v) is 16.2. The monoisotopic (exact) mass is 392 g/mol. The molecular weight excluding hydrogens is 368 g/mol. The van der Waals surface area contributed by atoms with Crippen LogP contribution in [-0.4, -0.2) is 56.8 Å². The Morgan fingerprint density at radius 2 is 1.52 bits per heavy atom. The normalized spacial score (nSPS) is 19.0. The maximum Gasteiger partial charge on any atom is 0.330 e. The van der Waals surface area contributed by atoms with E-state index in [0.29, 0.717) is 25.9 Å². The van der Waals surface area contributed by atoms with Crippen LogP contribution in [0.15, 0.2) is 43.0 Å². The Kier molecular flexibility index (Phi) is 4.34. The summed E-state index contributed by atoms with van der Waals surface area (Å²) in [5, 5.41) is 10.2. The van der Waals surface area contributed by atoms with Gasteiger partial charge in [0.2, 0.25) is 0 Å². The number of hydrogen-bond donors (Lipinski definition) is 1. The summed E-state index contributed by atoms with van der Waals surface area (Å²) in [4.78, 5) is 30.5. The van der Waals surface area contributed by atoms with Crippen LogP contribution < -0.4 is 9.80 Å². The Morgan fingerprint density at radius 1 is 0.897 bits per heavy atom. The van der Waals surface area contributed by atoms with Crippen molar-refractivity contribution >= 4 is 28.6 Å². The summed E-state index contributed by atoms with van der Waals surface area (Å²) in [6.07, 6.45) is 8.44. The first-order chi connectivity index (χ1) is 14.2. The van der Waals surface area contributed by atoms with Gasteiger partial charge in [-0.05, 0) is 37.8 Å². The molecule has 0 unspecified atom stereocenters. The average molecular weight is 392 g/mol. The Bertz CT molecular complexity index is 1030. The molecule has 29 heavy (non-hydrogen) atoms. The first-order valence-corrected chi connectivity index (χ1v) is 10.2. The van der Waals surface area contributed by atoms with Crippen LogP contribution in [0.5, 0.6) is 0 Å². The molecule has 1 aromatic carbocycles. The number of anilines is 2. The van der Waals surface area contributed by atoms with E-state index in [1.165, 1.54) is 12.8 Å². The first kappa shape index (κ1) is 17.9. The van der Waals surface area contributed by atoms with Crippen molar-refractivity contribution < 1.29 is 9.90 Å². The molecule has 0 amide bonds. The number of aliphatic carboxylic acids is 1. The molecule has 2 fully saturated rings. The molecule has 2 aliphatic rings. The summed E-state index contributed by atoms with van der Waals surface area (Å²) in [6, 6.07) is 7.70. The maximum absolute atomic E-state index is 12.4. The molecule has 2 aromatic heterocycles. The standard InChI is InChI=1S/C21H24N6O2/c28-20(29)21(27-15-24-16-5-1-2-6-17(16)27)7-13-26(14-8-21)19-18(22-9-10-23-19)25-11-3-4-12-25/h1-2,5-6,9-10,15H,3-4,7-8,11-14H2,(H,28,29). The van der Waals surface area contributed by atoms with Crippen LogP contribution in [0.4, 0.5) is 11.6 Å². The van der Waals surface area contributed by atoms with Crippen LogP contribution in [0.1, 0.15) is 25.7 Å². The number of nitrogens with zero attached hydrogens (tertiary/aromatic N) is 6. The molecule has 150 valence electrons. The minimum Gasteiger partial charge on any atom is -0.479 e. The molecule has 0 aliphatic carbocycles. The van der Waals surface area contributed by atoms with E-state index in [9.17, 15) is 9.90 Å². The Balaban J connectivity index is 1.45. The van der Waals surface area contributed by atoms with Crippen LogP contribution in [-0.2, 0) is 10.3 Å². The lowest BCUT2D eigenvalue weighted by Crippen LogP contribution is -2.51. The molecule has 2 saturated heterocycles. The number of hydrogen-bond acceptors (Lipinski definition) is 6. The Morgan fingerprint density at radius 3 is 2.17 bits per heavy atom. The lowest BCUT2D eigenvalue weighted by molar-refractivity contribution is -0.148. The van der Waals surface area contributed by atoms with E-state index in [1.54, 1.807) is 18.7 Å². The third-order valence-corrected chi connectivity index (χ3v) is 6.27. The van der Waals surface area contributed by atoms with Crippen LogP contribution >= 0.6 is 0 Å². The van der Waals surface area contributed by atoms with Crippen molar-refractivity contribution in [2.75, 3.05) is 36.0 Å². The number of carboxylic acids is 1. The first-order valence-electron chi connectivity index (χ1n) is 10.2. The summed E-state index contributed by atoms with van der Waals surface area (Å²) in [6.45, 7) is 3.22. The fraction of sp³-hybridized carbons (Fsp3) is 0.429. The minimum absolute atomic E-state index is 0.485. The SMILES string of the molecule is O=C(O)C1(n2cnc3ccccc32)CCN(c2nccnc2N2CCCC2)CC1.